The molecule has 0 fully saturated rings. The lowest BCUT2D eigenvalue weighted by Crippen LogP contribution is -2.60. The highest BCUT2D eigenvalue weighted by Gasteiger charge is 2.46. The number of hydrogen-bond acceptors (Lipinski definition) is 1. The standard InChI is InChI=1S/C51H34BN3/c1-51(2)39-22-10-6-18-32(39)36-29-46-37(28-40(36)51)38-30-47(53-42-24-12-7-19-33(42)34-20-8-13-25-43(34)53)48-35-21-9-14-26-44(35)54-45-27-15-11-23-41(45)52(49(38)50(48)54)55(46)31-16-4-3-5-17-31/h3-30H,1-2H3. The molecule has 0 N–H and O–H groups in total. The molecule has 4 heterocycles. The second kappa shape index (κ2) is 10.2. The van der Waals surface area contributed by atoms with Crippen molar-refractivity contribution >= 4 is 72.8 Å². The van der Waals surface area contributed by atoms with Crippen LogP contribution < -0.4 is 15.7 Å². The Balaban J connectivity index is 1.27. The van der Waals surface area contributed by atoms with E-state index in [1.807, 2.05) is 0 Å². The van der Waals surface area contributed by atoms with Gasteiger partial charge >= 0.3 is 6.85 Å². The van der Waals surface area contributed by atoms with Crippen LogP contribution >= 0.6 is 0 Å². The van der Waals surface area contributed by atoms with E-state index in [1.54, 1.807) is 0 Å². The molecule has 4 heteroatoms. The maximum absolute atomic E-state index is 2.64. The number of fused-ring (bicyclic) bond motifs is 14. The first-order valence-corrected chi connectivity index (χ1v) is 19.4. The normalized spacial score (nSPS) is 14.4. The summed E-state index contributed by atoms with van der Waals surface area (Å²) in [5, 5.41) is 5.12. The van der Waals surface area contributed by atoms with Gasteiger partial charge in [-0.05, 0) is 93.3 Å². The van der Waals surface area contributed by atoms with Gasteiger partial charge in [0.05, 0.1) is 27.8 Å². The summed E-state index contributed by atoms with van der Waals surface area (Å²) in [4.78, 5) is 2.64. The van der Waals surface area contributed by atoms with Crippen molar-refractivity contribution in [2.45, 2.75) is 19.3 Å². The molecule has 0 unspecified atom stereocenters. The molecule has 0 spiro atoms. The smallest absolute Gasteiger partial charge is 0.333 e. The largest absolute Gasteiger partial charge is 0.376 e. The zero-order chi connectivity index (χ0) is 36.2. The predicted molar refractivity (Wildman–Crippen MR) is 232 cm³/mol. The molecule has 13 rings (SSSR count). The highest BCUT2D eigenvalue weighted by molar-refractivity contribution is 6.93. The first kappa shape index (κ1) is 29.7. The number of aromatic nitrogens is 2. The number of hydrogen-bond donors (Lipinski definition) is 0. The Bertz CT molecular complexity index is 3260. The van der Waals surface area contributed by atoms with Crippen LogP contribution in [0.1, 0.15) is 25.0 Å². The Morgan fingerprint density at radius 1 is 0.436 bits per heavy atom. The van der Waals surface area contributed by atoms with Gasteiger partial charge in [0.25, 0.3) is 0 Å². The molecule has 0 bridgehead atoms. The fourth-order valence-electron chi connectivity index (χ4n) is 10.8. The molecule has 55 heavy (non-hydrogen) atoms. The minimum absolute atomic E-state index is 0.0321. The lowest BCUT2D eigenvalue weighted by molar-refractivity contribution is 0.660. The van der Waals surface area contributed by atoms with Crippen LogP contribution in [-0.2, 0) is 5.41 Å². The van der Waals surface area contributed by atoms with Crippen molar-refractivity contribution in [2.24, 2.45) is 0 Å². The second-order valence-electron chi connectivity index (χ2n) is 16.1. The highest BCUT2D eigenvalue weighted by atomic mass is 15.1. The van der Waals surface area contributed by atoms with Crippen molar-refractivity contribution in [3.63, 3.8) is 0 Å². The SMILES string of the molecule is CC1(C)c2ccccc2-c2cc3c(cc21)-c1cc(-n2c4ccccc4c4ccccc42)c2c4ccccc4n4c2c1B(c1ccccc1-4)N3c1ccccc1. The fraction of sp³-hybridized carbons (Fsp3) is 0.0588. The lowest BCUT2D eigenvalue weighted by Gasteiger charge is -2.42. The molecular formula is C51H34BN3. The number of para-hydroxylation sites is 5. The van der Waals surface area contributed by atoms with Crippen LogP contribution in [-0.4, -0.2) is 16.0 Å². The molecule has 2 aromatic heterocycles. The van der Waals surface area contributed by atoms with Crippen molar-refractivity contribution in [1.29, 1.82) is 0 Å². The molecule has 256 valence electrons. The van der Waals surface area contributed by atoms with Gasteiger partial charge in [0.15, 0.2) is 0 Å². The lowest BCUT2D eigenvalue weighted by atomic mass is 9.44. The zero-order valence-electron chi connectivity index (χ0n) is 30.6. The summed E-state index contributed by atoms with van der Waals surface area (Å²) in [5.74, 6) is 0. The monoisotopic (exact) mass is 699 g/mol. The summed E-state index contributed by atoms with van der Waals surface area (Å²) in [6.45, 7) is 4.76. The molecule has 3 nitrogen and oxygen atoms in total. The van der Waals surface area contributed by atoms with Crippen LogP contribution in [0.4, 0.5) is 11.4 Å². The van der Waals surface area contributed by atoms with Crippen molar-refractivity contribution in [3.8, 4) is 33.6 Å². The molecule has 8 aromatic carbocycles. The predicted octanol–water partition coefficient (Wildman–Crippen LogP) is 11.4. The van der Waals surface area contributed by atoms with E-state index in [0.717, 1.165) is 0 Å². The van der Waals surface area contributed by atoms with E-state index in [1.165, 1.54) is 111 Å². The van der Waals surface area contributed by atoms with Crippen LogP contribution in [0.5, 0.6) is 0 Å². The quantitative estimate of drug-likeness (QED) is 0.164. The molecule has 10 aromatic rings. The Morgan fingerprint density at radius 2 is 1.04 bits per heavy atom. The summed E-state index contributed by atoms with van der Waals surface area (Å²) in [5.41, 5.74) is 20.5. The second-order valence-corrected chi connectivity index (χ2v) is 16.1. The first-order valence-electron chi connectivity index (χ1n) is 19.4. The van der Waals surface area contributed by atoms with E-state index < -0.39 is 0 Å². The van der Waals surface area contributed by atoms with E-state index in [0.29, 0.717) is 0 Å². The van der Waals surface area contributed by atoms with Crippen molar-refractivity contribution in [1.82, 2.24) is 9.13 Å². The summed E-state index contributed by atoms with van der Waals surface area (Å²) in [6.07, 6.45) is 0. The summed E-state index contributed by atoms with van der Waals surface area (Å²) in [7, 11) is 0. The van der Waals surface area contributed by atoms with Crippen LogP contribution in [0, 0.1) is 0 Å². The van der Waals surface area contributed by atoms with E-state index in [2.05, 4.69) is 198 Å². The van der Waals surface area contributed by atoms with Crippen LogP contribution in [0.25, 0.3) is 77.2 Å². The average molecular weight is 700 g/mol. The Hall–Kier alpha value is -6.78. The van der Waals surface area contributed by atoms with Crippen molar-refractivity contribution < 1.29 is 0 Å². The number of nitrogens with zero attached hydrogens (tertiary/aromatic N) is 3. The minimum Gasteiger partial charge on any atom is -0.376 e. The van der Waals surface area contributed by atoms with E-state index >= 15 is 0 Å². The third kappa shape index (κ3) is 3.58. The van der Waals surface area contributed by atoms with Crippen LogP contribution in [0.2, 0.25) is 0 Å². The van der Waals surface area contributed by atoms with E-state index in [9.17, 15) is 0 Å². The van der Waals surface area contributed by atoms with Gasteiger partial charge in [-0.15, -0.1) is 0 Å². The Kier molecular flexibility index (Phi) is 5.53. The molecule has 2 aliphatic heterocycles. The number of anilines is 2. The van der Waals surface area contributed by atoms with Crippen LogP contribution in [0.15, 0.2) is 170 Å². The molecule has 0 radical (unpaired) electrons. The highest BCUT2D eigenvalue weighted by Crippen LogP contribution is 2.55. The number of rotatable bonds is 2. The van der Waals surface area contributed by atoms with Gasteiger partial charge < -0.3 is 13.9 Å². The maximum Gasteiger partial charge on any atom is 0.333 e. The third-order valence-corrected chi connectivity index (χ3v) is 13.1. The molecular weight excluding hydrogens is 665 g/mol. The molecule has 0 amide bonds. The molecule has 0 atom stereocenters. The molecule has 3 aliphatic rings. The van der Waals surface area contributed by atoms with E-state index in [-0.39, 0.29) is 12.3 Å². The third-order valence-electron chi connectivity index (χ3n) is 13.1. The van der Waals surface area contributed by atoms with Crippen molar-refractivity contribution in [2.75, 3.05) is 4.81 Å². The van der Waals surface area contributed by atoms with Gasteiger partial charge in [0, 0.05) is 49.6 Å². The Morgan fingerprint density at radius 3 is 1.80 bits per heavy atom. The van der Waals surface area contributed by atoms with Gasteiger partial charge in [0.1, 0.15) is 0 Å². The Labute approximate surface area is 319 Å². The van der Waals surface area contributed by atoms with Gasteiger partial charge in [0.2, 0.25) is 0 Å². The van der Waals surface area contributed by atoms with E-state index in [4.69, 9.17) is 0 Å². The fourth-order valence-corrected chi connectivity index (χ4v) is 10.8. The molecule has 0 saturated carbocycles. The summed E-state index contributed by atoms with van der Waals surface area (Å²) in [6, 6.07) is 63.7. The van der Waals surface area contributed by atoms with Gasteiger partial charge in [-0.1, -0.05) is 129 Å². The van der Waals surface area contributed by atoms with Gasteiger partial charge in [-0.2, -0.15) is 0 Å². The average Bonchev–Trinajstić information content (AvgIpc) is 3.84. The van der Waals surface area contributed by atoms with Gasteiger partial charge in [-0.3, -0.25) is 0 Å². The molecule has 1 aliphatic carbocycles. The maximum atomic E-state index is 2.64. The van der Waals surface area contributed by atoms with Crippen molar-refractivity contribution in [3.05, 3.63) is 181 Å². The topological polar surface area (TPSA) is 13.1 Å². The minimum atomic E-state index is -0.131. The summed E-state index contributed by atoms with van der Waals surface area (Å²) >= 11 is 0. The zero-order valence-corrected chi connectivity index (χ0v) is 30.6. The molecule has 0 saturated heterocycles. The summed E-state index contributed by atoms with van der Waals surface area (Å²) < 4.78 is 5.12. The first-order chi connectivity index (χ1) is 27.1. The van der Waals surface area contributed by atoms with Crippen LogP contribution in [0.3, 0.4) is 0 Å². The number of benzene rings is 8. The van der Waals surface area contributed by atoms with Gasteiger partial charge in [-0.25, -0.2) is 0 Å².